The highest BCUT2D eigenvalue weighted by Crippen LogP contribution is 2.38. The molecule has 0 aliphatic rings. The van der Waals surface area contributed by atoms with Crippen LogP contribution in [-0.4, -0.2) is 28.9 Å². The quantitative estimate of drug-likeness (QED) is 0.0915. The lowest BCUT2D eigenvalue weighted by Crippen LogP contribution is -2.24. The molecule has 0 spiro atoms. The highest BCUT2D eigenvalue weighted by atomic mass is 32.1. The van der Waals surface area contributed by atoms with E-state index in [1.807, 2.05) is 13.0 Å². The number of rotatable bonds is 13. The van der Waals surface area contributed by atoms with Crippen LogP contribution in [0.25, 0.3) is 11.3 Å². The lowest BCUT2D eigenvalue weighted by Gasteiger charge is -2.23. The zero-order valence-electron chi connectivity index (χ0n) is 20.9. The van der Waals surface area contributed by atoms with Gasteiger partial charge in [0.25, 0.3) is 0 Å². The number of nitrogens with two attached hydrogens (primary N) is 1. The number of aromatic nitrogens is 1. The predicted octanol–water partition coefficient (Wildman–Crippen LogP) is 6.54. The molecule has 0 radical (unpaired) electrons. The Hall–Kier alpha value is -3.26. The van der Waals surface area contributed by atoms with Crippen molar-refractivity contribution in [1.29, 1.82) is 0 Å². The predicted molar refractivity (Wildman–Crippen MR) is 141 cm³/mol. The summed E-state index contributed by atoms with van der Waals surface area (Å²) < 4.78 is 18.8. The highest BCUT2D eigenvalue weighted by Gasteiger charge is 2.19. The van der Waals surface area contributed by atoms with Gasteiger partial charge in [0.1, 0.15) is 17.2 Å². The topological polar surface area (TPSA) is 99.2 Å². The Balaban J connectivity index is 1.90. The molecule has 7 nitrogen and oxygen atoms in total. The van der Waals surface area contributed by atoms with E-state index in [1.54, 1.807) is 35.6 Å². The van der Waals surface area contributed by atoms with Gasteiger partial charge in [-0.3, -0.25) is 0 Å². The van der Waals surface area contributed by atoms with Crippen molar-refractivity contribution in [2.75, 3.05) is 6.61 Å². The molecule has 0 fully saturated rings. The van der Waals surface area contributed by atoms with Crippen molar-refractivity contribution in [2.45, 2.75) is 66.1 Å². The van der Waals surface area contributed by atoms with Crippen molar-refractivity contribution in [3.63, 3.8) is 0 Å². The number of amidine groups is 1. The molecule has 188 valence electrons. The summed E-state index contributed by atoms with van der Waals surface area (Å²) in [4.78, 5) is 4.68. The van der Waals surface area contributed by atoms with Crippen LogP contribution in [0.2, 0.25) is 0 Å². The fourth-order valence-corrected chi connectivity index (χ4v) is 4.19. The van der Waals surface area contributed by atoms with Crippen LogP contribution in [0.15, 0.2) is 46.9 Å². The van der Waals surface area contributed by atoms with E-state index in [9.17, 15) is 0 Å². The van der Waals surface area contributed by atoms with E-state index in [0.717, 1.165) is 65.4 Å². The monoisotopic (exact) mass is 497 g/mol. The maximum absolute atomic E-state index is 8.88. The molecule has 0 saturated carbocycles. The number of nitrogens with zero attached hydrogens (tertiary/aromatic N) is 2. The number of benzene rings is 2. The first-order valence-corrected chi connectivity index (χ1v) is 13.0. The van der Waals surface area contributed by atoms with Gasteiger partial charge in [0.2, 0.25) is 6.29 Å². The van der Waals surface area contributed by atoms with Gasteiger partial charge in [-0.05, 0) is 62.1 Å². The van der Waals surface area contributed by atoms with E-state index in [4.69, 9.17) is 25.2 Å². The number of unbranched alkanes of at least 4 members (excludes halogenated alkanes) is 1. The van der Waals surface area contributed by atoms with Gasteiger partial charge < -0.3 is 25.2 Å². The highest BCUT2D eigenvalue weighted by molar-refractivity contribution is 7.09. The van der Waals surface area contributed by atoms with Crippen LogP contribution in [0.4, 0.5) is 0 Å². The van der Waals surface area contributed by atoms with Crippen LogP contribution in [0.1, 0.15) is 62.6 Å². The Labute approximate surface area is 211 Å². The summed E-state index contributed by atoms with van der Waals surface area (Å²) in [7, 11) is 0. The van der Waals surface area contributed by atoms with Crippen molar-refractivity contribution in [3.8, 4) is 28.5 Å². The van der Waals surface area contributed by atoms with Crippen LogP contribution >= 0.6 is 11.3 Å². The van der Waals surface area contributed by atoms with Gasteiger partial charge in [-0.25, -0.2) is 4.98 Å². The summed E-state index contributed by atoms with van der Waals surface area (Å²) in [5.41, 5.74) is 9.26. The first-order valence-electron chi connectivity index (χ1n) is 12.1. The molecule has 0 saturated heterocycles. The average Bonchev–Trinajstić information content (AvgIpc) is 3.31. The number of oxime groups is 1. The minimum Gasteiger partial charge on any atom is -0.493 e. The van der Waals surface area contributed by atoms with Crippen LogP contribution in [0, 0.1) is 6.92 Å². The second-order valence-electron chi connectivity index (χ2n) is 8.23. The number of ether oxygens (including phenoxy) is 3. The molecule has 1 atom stereocenters. The van der Waals surface area contributed by atoms with Crippen LogP contribution in [0.3, 0.4) is 0 Å². The second-order valence-corrected chi connectivity index (χ2v) is 9.29. The molecule has 3 rings (SSSR count). The Morgan fingerprint density at radius 3 is 2.46 bits per heavy atom. The first kappa shape index (κ1) is 26.3. The SMILES string of the molecule is CCCCC(Oc1ccc(C(N)=NO)cc1)Oc1cc(OCCC)c(-c2csc(C)n2)cc1CC. The smallest absolute Gasteiger partial charge is 0.241 e. The van der Waals surface area contributed by atoms with Crippen molar-refractivity contribution in [3.05, 3.63) is 57.9 Å². The molecule has 0 bridgehead atoms. The van der Waals surface area contributed by atoms with Gasteiger partial charge in [0, 0.05) is 29.0 Å². The van der Waals surface area contributed by atoms with Crippen LogP contribution in [-0.2, 0) is 6.42 Å². The van der Waals surface area contributed by atoms with Gasteiger partial charge >= 0.3 is 0 Å². The third kappa shape index (κ3) is 7.11. The fourth-order valence-electron chi connectivity index (χ4n) is 3.58. The van der Waals surface area contributed by atoms with Crippen molar-refractivity contribution < 1.29 is 19.4 Å². The summed E-state index contributed by atoms with van der Waals surface area (Å²) in [6.07, 6.45) is 3.96. The Morgan fingerprint density at radius 1 is 1.09 bits per heavy atom. The summed E-state index contributed by atoms with van der Waals surface area (Å²) in [5, 5.41) is 15.0. The lowest BCUT2D eigenvalue weighted by molar-refractivity contribution is -0.00290. The number of aryl methyl sites for hydroxylation is 2. The van der Waals surface area contributed by atoms with E-state index in [0.29, 0.717) is 17.9 Å². The average molecular weight is 498 g/mol. The third-order valence-corrected chi connectivity index (χ3v) is 6.25. The molecule has 3 N–H and O–H groups in total. The minimum absolute atomic E-state index is 0.0536. The van der Waals surface area contributed by atoms with Gasteiger partial charge in [-0.15, -0.1) is 11.3 Å². The molecule has 0 amide bonds. The van der Waals surface area contributed by atoms with Crippen LogP contribution in [0.5, 0.6) is 17.2 Å². The minimum atomic E-state index is -0.471. The van der Waals surface area contributed by atoms with Crippen molar-refractivity contribution in [1.82, 2.24) is 4.98 Å². The molecule has 2 aromatic carbocycles. The second kappa shape index (κ2) is 13.0. The van der Waals surface area contributed by atoms with Gasteiger partial charge in [0.05, 0.1) is 17.3 Å². The summed E-state index contributed by atoms with van der Waals surface area (Å²) in [6.45, 7) is 8.96. The Morgan fingerprint density at radius 2 is 1.86 bits per heavy atom. The number of hydrogen-bond acceptors (Lipinski definition) is 7. The summed E-state index contributed by atoms with van der Waals surface area (Å²) in [5.74, 6) is 2.22. The van der Waals surface area contributed by atoms with Gasteiger partial charge in [0.15, 0.2) is 5.84 Å². The molecule has 35 heavy (non-hydrogen) atoms. The zero-order valence-corrected chi connectivity index (χ0v) is 21.7. The van der Waals surface area contributed by atoms with Crippen molar-refractivity contribution in [2.24, 2.45) is 10.9 Å². The van der Waals surface area contributed by atoms with Gasteiger partial charge in [-0.1, -0.05) is 32.3 Å². The molecule has 1 aromatic heterocycles. The molecular weight excluding hydrogens is 462 g/mol. The molecule has 1 heterocycles. The molecule has 8 heteroatoms. The third-order valence-electron chi connectivity index (χ3n) is 5.48. The maximum Gasteiger partial charge on any atom is 0.241 e. The molecule has 3 aromatic rings. The standard InChI is InChI=1S/C27H35N3O4S/c1-5-8-9-26(33-21-12-10-20(11-13-21)27(28)30-31)34-24-16-25(32-14-6-2)22(15-19(24)7-3)23-17-35-18(4)29-23/h10-13,15-17,26,31H,5-9,14H2,1-4H3,(H2,28,30). The first-order chi connectivity index (χ1) is 17.0. The van der Waals surface area contributed by atoms with E-state index in [2.05, 4.69) is 42.4 Å². The molecule has 1 unspecified atom stereocenters. The number of hydrogen-bond donors (Lipinski definition) is 2. The molecule has 0 aliphatic carbocycles. The normalized spacial score (nSPS) is 12.4. The van der Waals surface area contributed by atoms with Gasteiger partial charge in [-0.2, -0.15) is 0 Å². The number of thiazole rings is 1. The fraction of sp³-hybridized carbons (Fsp3) is 0.407. The van der Waals surface area contributed by atoms with Crippen LogP contribution < -0.4 is 19.9 Å². The molecular formula is C27H35N3O4S. The maximum atomic E-state index is 8.88. The van der Waals surface area contributed by atoms with E-state index in [1.165, 1.54) is 0 Å². The zero-order chi connectivity index (χ0) is 25.2. The van der Waals surface area contributed by atoms with Crippen molar-refractivity contribution >= 4 is 17.2 Å². The molecule has 0 aliphatic heterocycles. The van der Waals surface area contributed by atoms with E-state index >= 15 is 0 Å². The lowest BCUT2D eigenvalue weighted by atomic mass is 10.0. The largest absolute Gasteiger partial charge is 0.493 e. The van der Waals surface area contributed by atoms with E-state index in [-0.39, 0.29) is 5.84 Å². The summed E-state index contributed by atoms with van der Waals surface area (Å²) in [6, 6.07) is 11.2. The Kier molecular flexibility index (Phi) is 9.78. The summed E-state index contributed by atoms with van der Waals surface area (Å²) >= 11 is 1.63. The van der Waals surface area contributed by atoms with E-state index < -0.39 is 6.29 Å². The Bertz CT molecular complexity index is 1110.